The van der Waals surface area contributed by atoms with Gasteiger partial charge < -0.3 is 5.73 Å². The fourth-order valence-electron chi connectivity index (χ4n) is 0.834. The molecule has 0 heterocycles. The van der Waals surface area contributed by atoms with E-state index in [1.165, 1.54) is 13.1 Å². The molecule has 0 amide bonds. The molecule has 0 bridgehead atoms. The van der Waals surface area contributed by atoms with Gasteiger partial charge in [0.2, 0.25) is 0 Å². The molecule has 1 rings (SSSR count). The smallest absolute Gasteiger partial charge is 0.176 e. The summed E-state index contributed by atoms with van der Waals surface area (Å²) in [5, 5.41) is 0. The highest BCUT2D eigenvalue weighted by Gasteiger charge is 1.93. The summed E-state index contributed by atoms with van der Waals surface area (Å²) in [6.07, 6.45) is 3.01. The normalized spacial score (nSPS) is 11.9. The molecule has 0 saturated carbocycles. The maximum absolute atomic E-state index is 10.7. The molecule has 0 aliphatic rings. The van der Waals surface area contributed by atoms with Crippen LogP contribution >= 0.6 is 0 Å². The van der Waals surface area contributed by atoms with E-state index in [0.29, 0.717) is 0 Å². The van der Waals surface area contributed by atoms with Crippen LogP contribution in [0.1, 0.15) is 12.5 Å². The Bertz CT molecular complexity index is 366. The second-order valence-corrected chi connectivity index (χ2v) is 2.83. The van der Waals surface area contributed by atoms with E-state index in [9.17, 15) is 4.79 Å². The van der Waals surface area contributed by atoms with Gasteiger partial charge in [0.15, 0.2) is 5.78 Å². The molecule has 1 aromatic rings. The van der Waals surface area contributed by atoms with Crippen LogP contribution in [0.3, 0.4) is 0 Å². The van der Waals surface area contributed by atoms with Crippen molar-refractivity contribution in [2.45, 2.75) is 6.92 Å². The van der Waals surface area contributed by atoms with Crippen molar-refractivity contribution in [3.05, 3.63) is 47.8 Å². The van der Waals surface area contributed by atoms with Gasteiger partial charge in [-0.25, -0.2) is 0 Å². The van der Waals surface area contributed by atoms with E-state index in [2.05, 4.69) is 4.99 Å². The zero-order valence-corrected chi connectivity index (χ0v) is 7.97. The minimum atomic E-state index is -0.171. The average molecular weight is 188 g/mol. The maximum Gasteiger partial charge on any atom is 0.176 e. The highest BCUT2D eigenvalue weighted by atomic mass is 16.1. The van der Waals surface area contributed by atoms with Crippen LogP contribution in [-0.4, -0.2) is 12.0 Å². The molecule has 72 valence electrons. The molecule has 2 N–H and O–H groups in total. The third-order valence-corrected chi connectivity index (χ3v) is 1.64. The number of nitrogens with zero attached hydrogens (tertiary/aromatic N) is 1. The quantitative estimate of drug-likeness (QED) is 0.577. The van der Waals surface area contributed by atoms with Gasteiger partial charge >= 0.3 is 0 Å². The van der Waals surface area contributed by atoms with Crippen LogP contribution in [0.4, 0.5) is 0 Å². The van der Waals surface area contributed by atoms with Crippen molar-refractivity contribution >= 4 is 12.0 Å². The van der Waals surface area contributed by atoms with Gasteiger partial charge in [0.1, 0.15) is 0 Å². The molecule has 0 spiro atoms. The molecule has 3 heteroatoms. The van der Waals surface area contributed by atoms with E-state index in [0.717, 1.165) is 5.56 Å². The first-order valence-electron chi connectivity index (χ1n) is 4.25. The molecule has 0 aromatic heterocycles. The zero-order chi connectivity index (χ0) is 10.4. The van der Waals surface area contributed by atoms with Crippen LogP contribution in [0.2, 0.25) is 0 Å². The van der Waals surface area contributed by atoms with E-state index in [4.69, 9.17) is 5.73 Å². The van der Waals surface area contributed by atoms with Crippen LogP contribution in [0.25, 0.3) is 0 Å². The number of nitrogens with two attached hydrogens (primary N) is 1. The van der Waals surface area contributed by atoms with E-state index in [1.807, 2.05) is 30.3 Å². The number of carbonyl (C=O) groups excluding carboxylic acids is 1. The Morgan fingerprint density at radius 2 is 2.00 bits per heavy atom. The fourth-order valence-corrected chi connectivity index (χ4v) is 0.834. The Balaban J connectivity index is 2.66. The minimum Gasteiger partial charge on any atom is -0.395 e. The first-order chi connectivity index (χ1) is 6.70. The van der Waals surface area contributed by atoms with E-state index in [1.54, 1.807) is 6.21 Å². The van der Waals surface area contributed by atoms with Crippen molar-refractivity contribution in [1.29, 1.82) is 0 Å². The van der Waals surface area contributed by atoms with E-state index >= 15 is 0 Å². The zero-order valence-electron chi connectivity index (χ0n) is 7.97. The molecule has 0 atom stereocenters. The molecular weight excluding hydrogens is 176 g/mol. The number of ketones is 1. The lowest BCUT2D eigenvalue weighted by Crippen LogP contribution is -2.05. The molecular formula is C11H12N2O. The van der Waals surface area contributed by atoms with Crippen molar-refractivity contribution < 1.29 is 4.79 Å². The van der Waals surface area contributed by atoms with E-state index < -0.39 is 0 Å². The van der Waals surface area contributed by atoms with Crippen LogP contribution in [0, 0.1) is 0 Å². The van der Waals surface area contributed by atoms with Gasteiger partial charge in [0.05, 0.1) is 11.9 Å². The third kappa shape index (κ3) is 3.23. The molecule has 0 fully saturated rings. The molecule has 1 aromatic carbocycles. The Hall–Kier alpha value is -1.90. The second kappa shape index (κ2) is 4.97. The van der Waals surface area contributed by atoms with Gasteiger partial charge in [-0.15, -0.1) is 0 Å². The van der Waals surface area contributed by atoms with Crippen LogP contribution in [-0.2, 0) is 4.79 Å². The van der Waals surface area contributed by atoms with Crippen LogP contribution < -0.4 is 5.73 Å². The third-order valence-electron chi connectivity index (χ3n) is 1.64. The van der Waals surface area contributed by atoms with E-state index in [-0.39, 0.29) is 11.5 Å². The lowest BCUT2D eigenvalue weighted by atomic mass is 10.2. The molecule has 0 saturated heterocycles. The molecule has 3 nitrogen and oxygen atoms in total. The Kier molecular flexibility index (Phi) is 3.61. The van der Waals surface area contributed by atoms with Gasteiger partial charge in [-0.2, -0.15) is 0 Å². The maximum atomic E-state index is 10.7. The molecule has 0 radical (unpaired) electrons. The predicted molar refractivity (Wildman–Crippen MR) is 57.0 cm³/mol. The largest absolute Gasteiger partial charge is 0.395 e. The number of aliphatic imine (C=N–C) groups is 1. The number of hydrogen-bond acceptors (Lipinski definition) is 3. The summed E-state index contributed by atoms with van der Waals surface area (Å²) < 4.78 is 0. The Morgan fingerprint density at radius 1 is 1.36 bits per heavy atom. The summed E-state index contributed by atoms with van der Waals surface area (Å²) in [6, 6.07) is 9.60. The number of Topliss-reactive ketones (excluding diaryl/α,β-unsaturated/α-hetero) is 1. The van der Waals surface area contributed by atoms with Crippen molar-refractivity contribution in [3.63, 3.8) is 0 Å². The molecule has 14 heavy (non-hydrogen) atoms. The molecule has 0 aliphatic carbocycles. The number of rotatable bonds is 3. The van der Waals surface area contributed by atoms with Gasteiger partial charge in [0, 0.05) is 13.1 Å². The minimum absolute atomic E-state index is 0.164. The Morgan fingerprint density at radius 3 is 2.57 bits per heavy atom. The number of carbonyl (C=O) groups is 1. The monoisotopic (exact) mass is 188 g/mol. The van der Waals surface area contributed by atoms with Crippen molar-refractivity contribution in [3.8, 4) is 0 Å². The van der Waals surface area contributed by atoms with Crippen molar-refractivity contribution in [2.24, 2.45) is 10.7 Å². The predicted octanol–water partition coefficient (Wildman–Crippen LogP) is 1.49. The van der Waals surface area contributed by atoms with Crippen molar-refractivity contribution in [2.75, 3.05) is 0 Å². The van der Waals surface area contributed by atoms with Gasteiger partial charge in [0.25, 0.3) is 0 Å². The lowest BCUT2D eigenvalue weighted by molar-refractivity contribution is -0.113. The number of hydrogen-bond donors (Lipinski definition) is 1. The van der Waals surface area contributed by atoms with Gasteiger partial charge in [-0.1, -0.05) is 30.3 Å². The first kappa shape index (κ1) is 10.2. The van der Waals surface area contributed by atoms with Crippen molar-refractivity contribution in [1.82, 2.24) is 0 Å². The topological polar surface area (TPSA) is 55.5 Å². The van der Waals surface area contributed by atoms with Crippen LogP contribution in [0.15, 0.2) is 47.2 Å². The first-order valence-corrected chi connectivity index (χ1v) is 4.25. The lowest BCUT2D eigenvalue weighted by Gasteiger charge is -1.90. The summed E-state index contributed by atoms with van der Waals surface area (Å²) in [5.41, 5.74) is 6.51. The standard InChI is InChI=1S/C11H12N2O/c1-9(14)11(12)8-13-7-10-5-3-2-4-6-10/h2-8H,12H2,1H3/b11-8-,13-7?. The summed E-state index contributed by atoms with van der Waals surface area (Å²) in [6.45, 7) is 1.41. The summed E-state index contributed by atoms with van der Waals surface area (Å²) >= 11 is 0. The fraction of sp³-hybridized carbons (Fsp3) is 0.0909. The highest BCUT2D eigenvalue weighted by molar-refractivity contribution is 5.92. The summed E-state index contributed by atoms with van der Waals surface area (Å²) in [5.74, 6) is -0.171. The number of benzene rings is 1. The second-order valence-electron chi connectivity index (χ2n) is 2.83. The average Bonchev–Trinajstić information content (AvgIpc) is 2.19. The number of allylic oxidation sites excluding steroid dienone is 1. The Labute approximate surface area is 83.0 Å². The molecule has 0 aliphatic heterocycles. The van der Waals surface area contributed by atoms with Gasteiger partial charge in [-0.3, -0.25) is 9.79 Å². The summed E-state index contributed by atoms with van der Waals surface area (Å²) in [7, 11) is 0. The molecule has 0 unspecified atom stereocenters. The SMILES string of the molecule is CC(=O)/C(N)=C/N=Cc1ccccc1. The van der Waals surface area contributed by atoms with Crippen LogP contribution in [0.5, 0.6) is 0 Å². The highest BCUT2D eigenvalue weighted by Crippen LogP contribution is 1.94. The van der Waals surface area contributed by atoms with Gasteiger partial charge in [-0.05, 0) is 5.56 Å². The summed E-state index contributed by atoms with van der Waals surface area (Å²) in [4.78, 5) is 14.6.